The van der Waals surface area contributed by atoms with Crippen molar-refractivity contribution < 1.29 is 17.7 Å². The molecule has 3 aromatic rings. The van der Waals surface area contributed by atoms with Crippen LogP contribution in [0.2, 0.25) is 0 Å². The van der Waals surface area contributed by atoms with E-state index >= 15 is 0 Å². The van der Waals surface area contributed by atoms with Crippen molar-refractivity contribution in [1.82, 2.24) is 15.5 Å². The summed E-state index contributed by atoms with van der Waals surface area (Å²) >= 11 is 0. The highest BCUT2D eigenvalue weighted by Crippen LogP contribution is 2.15. The Morgan fingerprint density at radius 2 is 1.77 bits per heavy atom. The van der Waals surface area contributed by atoms with Crippen LogP contribution in [0.4, 0.5) is 5.69 Å². The van der Waals surface area contributed by atoms with E-state index in [0.29, 0.717) is 6.54 Å². The van der Waals surface area contributed by atoms with Crippen molar-refractivity contribution in [2.24, 2.45) is 0 Å². The van der Waals surface area contributed by atoms with Crippen LogP contribution in [0.25, 0.3) is 0 Å². The lowest BCUT2D eigenvalue weighted by Crippen LogP contribution is -2.23. The summed E-state index contributed by atoms with van der Waals surface area (Å²) in [6, 6.07) is 16.0. The molecule has 0 aliphatic rings. The molecular formula is C21H24N4O4S. The van der Waals surface area contributed by atoms with Crippen molar-refractivity contribution in [3.05, 3.63) is 71.9 Å². The quantitative estimate of drug-likeness (QED) is 0.558. The van der Waals surface area contributed by atoms with Crippen LogP contribution in [-0.2, 0) is 33.4 Å². The lowest BCUT2D eigenvalue weighted by molar-refractivity contribution is -0.121. The maximum atomic E-state index is 12.4. The summed E-state index contributed by atoms with van der Waals surface area (Å²) in [6.45, 7) is 0.428. The second-order valence-corrected chi connectivity index (χ2v) is 9.00. The van der Waals surface area contributed by atoms with Crippen molar-refractivity contribution in [3.8, 4) is 0 Å². The van der Waals surface area contributed by atoms with E-state index in [0.717, 1.165) is 11.3 Å². The van der Waals surface area contributed by atoms with E-state index in [-0.39, 0.29) is 41.1 Å². The second-order valence-electron chi connectivity index (χ2n) is 7.01. The Hall–Kier alpha value is -3.20. The molecule has 1 heterocycles. The highest BCUT2D eigenvalue weighted by atomic mass is 32.2. The number of hydrogen-bond donors (Lipinski definition) is 1. The standard InChI is InChI=1S/C21H24N4O4S/c1-25(2)17-10-8-16(9-11-17)14-22-20(26)12-13-21-23-19(24-29-21)15-30(27,28)18-6-4-3-5-7-18/h3-11H,12-15H2,1-2H3,(H,22,26). The summed E-state index contributed by atoms with van der Waals surface area (Å²) in [5.41, 5.74) is 2.09. The van der Waals surface area contributed by atoms with Gasteiger partial charge in [0.05, 0.1) is 4.90 Å². The Kier molecular flexibility index (Phi) is 6.83. The average molecular weight is 429 g/mol. The molecule has 0 aliphatic carbocycles. The molecule has 2 aromatic carbocycles. The number of carbonyl (C=O) groups is 1. The molecule has 0 radical (unpaired) electrons. The van der Waals surface area contributed by atoms with Crippen LogP contribution in [0.15, 0.2) is 64.0 Å². The van der Waals surface area contributed by atoms with Gasteiger partial charge in [-0.1, -0.05) is 35.5 Å². The minimum absolute atomic E-state index is 0.0789. The van der Waals surface area contributed by atoms with Crippen molar-refractivity contribution in [2.45, 2.75) is 30.0 Å². The molecule has 9 heteroatoms. The van der Waals surface area contributed by atoms with E-state index in [1.54, 1.807) is 18.2 Å². The first-order chi connectivity index (χ1) is 14.3. The van der Waals surface area contributed by atoms with Crippen LogP contribution in [-0.4, -0.2) is 38.6 Å². The van der Waals surface area contributed by atoms with Gasteiger partial charge in [0.2, 0.25) is 11.8 Å². The Morgan fingerprint density at radius 3 is 2.43 bits per heavy atom. The highest BCUT2D eigenvalue weighted by molar-refractivity contribution is 7.90. The van der Waals surface area contributed by atoms with Crippen LogP contribution < -0.4 is 10.2 Å². The van der Waals surface area contributed by atoms with Crippen LogP contribution >= 0.6 is 0 Å². The maximum absolute atomic E-state index is 12.4. The molecule has 0 atom stereocenters. The van der Waals surface area contributed by atoms with Crippen LogP contribution in [0.1, 0.15) is 23.7 Å². The largest absolute Gasteiger partial charge is 0.378 e. The van der Waals surface area contributed by atoms with Gasteiger partial charge in [0.15, 0.2) is 15.7 Å². The molecule has 1 amide bonds. The molecule has 0 aliphatic heterocycles. The van der Waals surface area contributed by atoms with E-state index in [2.05, 4.69) is 15.5 Å². The summed E-state index contributed by atoms with van der Waals surface area (Å²) in [5.74, 6) is -0.187. The fourth-order valence-electron chi connectivity index (χ4n) is 2.75. The molecule has 0 saturated heterocycles. The Labute approximate surface area is 175 Å². The first-order valence-corrected chi connectivity index (χ1v) is 11.1. The summed E-state index contributed by atoms with van der Waals surface area (Å²) in [5, 5.41) is 6.57. The van der Waals surface area contributed by atoms with Crippen molar-refractivity contribution in [2.75, 3.05) is 19.0 Å². The Bertz CT molecular complexity index is 1080. The molecular weight excluding hydrogens is 404 g/mol. The van der Waals surface area contributed by atoms with Crippen molar-refractivity contribution in [3.63, 3.8) is 0 Å². The van der Waals surface area contributed by atoms with Gasteiger partial charge in [0.25, 0.3) is 0 Å². The smallest absolute Gasteiger partial charge is 0.227 e. The fraction of sp³-hybridized carbons (Fsp3) is 0.286. The topological polar surface area (TPSA) is 105 Å². The van der Waals surface area contributed by atoms with Gasteiger partial charge < -0.3 is 14.7 Å². The number of nitrogens with one attached hydrogen (secondary N) is 1. The third-order valence-electron chi connectivity index (χ3n) is 4.44. The number of benzene rings is 2. The number of aromatic nitrogens is 2. The molecule has 8 nitrogen and oxygen atoms in total. The minimum atomic E-state index is -3.55. The summed E-state index contributed by atoms with van der Waals surface area (Å²) in [7, 11) is 0.392. The lowest BCUT2D eigenvalue weighted by Gasteiger charge is -2.12. The minimum Gasteiger partial charge on any atom is -0.378 e. The number of hydrogen-bond acceptors (Lipinski definition) is 7. The van der Waals surface area contributed by atoms with Crippen molar-refractivity contribution in [1.29, 1.82) is 0 Å². The number of amides is 1. The van der Waals surface area contributed by atoms with E-state index in [4.69, 9.17) is 4.52 Å². The van der Waals surface area contributed by atoms with Gasteiger partial charge in [-0.2, -0.15) is 4.98 Å². The highest BCUT2D eigenvalue weighted by Gasteiger charge is 2.19. The summed E-state index contributed by atoms with van der Waals surface area (Å²) in [6.07, 6.45) is 0.409. The zero-order chi connectivity index (χ0) is 21.6. The van der Waals surface area contributed by atoms with Gasteiger partial charge in [-0.05, 0) is 29.8 Å². The van der Waals surface area contributed by atoms with E-state index < -0.39 is 9.84 Å². The van der Waals surface area contributed by atoms with Gasteiger partial charge in [-0.15, -0.1) is 0 Å². The lowest BCUT2D eigenvalue weighted by atomic mass is 10.2. The zero-order valence-electron chi connectivity index (χ0n) is 16.9. The molecule has 1 aromatic heterocycles. The molecule has 3 rings (SSSR count). The molecule has 0 unspecified atom stereocenters. The van der Waals surface area contributed by atoms with Crippen LogP contribution in [0.5, 0.6) is 0 Å². The normalized spacial score (nSPS) is 11.3. The van der Waals surface area contributed by atoms with Gasteiger partial charge >= 0.3 is 0 Å². The Balaban J connectivity index is 1.47. The monoisotopic (exact) mass is 428 g/mol. The number of nitrogens with zero attached hydrogens (tertiary/aromatic N) is 3. The van der Waals surface area contributed by atoms with Crippen molar-refractivity contribution >= 4 is 21.4 Å². The molecule has 0 bridgehead atoms. The van der Waals surface area contributed by atoms with Gasteiger partial charge in [-0.25, -0.2) is 8.42 Å². The first kappa shape index (κ1) is 21.5. The van der Waals surface area contributed by atoms with Gasteiger partial charge in [0.1, 0.15) is 5.75 Å². The van der Waals surface area contributed by atoms with E-state index in [1.165, 1.54) is 12.1 Å². The summed E-state index contributed by atoms with van der Waals surface area (Å²) < 4.78 is 29.8. The van der Waals surface area contributed by atoms with E-state index in [9.17, 15) is 13.2 Å². The van der Waals surface area contributed by atoms with Crippen LogP contribution in [0.3, 0.4) is 0 Å². The zero-order valence-corrected chi connectivity index (χ0v) is 17.7. The van der Waals surface area contributed by atoms with Gasteiger partial charge in [-0.3, -0.25) is 4.79 Å². The van der Waals surface area contributed by atoms with Gasteiger partial charge in [0, 0.05) is 39.2 Å². The number of anilines is 1. The fourth-order valence-corrected chi connectivity index (χ4v) is 3.95. The third kappa shape index (κ3) is 5.90. The molecule has 158 valence electrons. The molecule has 0 spiro atoms. The number of aryl methyl sites for hydroxylation is 1. The molecule has 30 heavy (non-hydrogen) atoms. The number of carbonyl (C=O) groups excluding carboxylic acids is 1. The van der Waals surface area contributed by atoms with E-state index in [1.807, 2.05) is 43.3 Å². The maximum Gasteiger partial charge on any atom is 0.227 e. The summed E-state index contributed by atoms with van der Waals surface area (Å²) in [4.78, 5) is 18.4. The SMILES string of the molecule is CN(C)c1ccc(CNC(=O)CCc2nc(CS(=O)(=O)c3ccccc3)no2)cc1. The second kappa shape index (κ2) is 9.53. The average Bonchev–Trinajstić information content (AvgIpc) is 3.18. The molecule has 1 N–H and O–H groups in total. The molecule has 0 fully saturated rings. The third-order valence-corrected chi connectivity index (χ3v) is 6.07. The first-order valence-electron chi connectivity index (χ1n) is 9.46. The number of rotatable bonds is 9. The predicted octanol–water partition coefficient (Wildman–Crippen LogP) is 2.36. The predicted molar refractivity (Wildman–Crippen MR) is 113 cm³/mol. The Morgan fingerprint density at radius 1 is 1.07 bits per heavy atom. The number of sulfone groups is 1. The molecule has 0 saturated carbocycles. The van der Waals surface area contributed by atoms with Crippen LogP contribution in [0, 0.1) is 0 Å².